The molecule has 150 valence electrons. The molecule has 29 heavy (non-hydrogen) atoms. The molecule has 0 aliphatic rings. The summed E-state index contributed by atoms with van der Waals surface area (Å²) in [5, 5.41) is 8.72. The number of nitrogens with zero attached hydrogens (tertiary/aromatic N) is 2. The third-order valence-corrected chi connectivity index (χ3v) is 4.03. The number of benzene rings is 2. The van der Waals surface area contributed by atoms with Crippen LogP contribution in [0.2, 0.25) is 0 Å². The Labute approximate surface area is 162 Å². The van der Waals surface area contributed by atoms with Crippen LogP contribution in [-0.2, 0) is 13.6 Å². The van der Waals surface area contributed by atoms with Crippen LogP contribution in [0.15, 0.2) is 42.6 Å². The molecule has 2 N–H and O–H groups in total. The van der Waals surface area contributed by atoms with Crippen LogP contribution in [0, 0.1) is 23.3 Å². The van der Waals surface area contributed by atoms with Crippen molar-refractivity contribution in [3.63, 3.8) is 0 Å². The smallest absolute Gasteiger partial charge is 0.259 e. The first-order valence-electron chi connectivity index (χ1n) is 8.27. The number of hydrogen-bond donors (Lipinski definition) is 2. The molecule has 0 unspecified atom stereocenters. The van der Waals surface area contributed by atoms with E-state index in [0.717, 1.165) is 36.4 Å². The number of anilines is 1. The van der Waals surface area contributed by atoms with Crippen LogP contribution in [0.4, 0.5) is 23.4 Å². The van der Waals surface area contributed by atoms with E-state index in [1.165, 1.54) is 17.9 Å². The van der Waals surface area contributed by atoms with Crippen LogP contribution in [0.5, 0.6) is 0 Å². The van der Waals surface area contributed by atoms with E-state index in [2.05, 4.69) is 15.7 Å². The van der Waals surface area contributed by atoms with Crippen molar-refractivity contribution >= 4 is 17.6 Å². The van der Waals surface area contributed by atoms with Gasteiger partial charge in [0.15, 0.2) is 0 Å². The second-order valence-corrected chi connectivity index (χ2v) is 6.03. The number of hydrogen-bond acceptors (Lipinski definition) is 3. The summed E-state index contributed by atoms with van der Waals surface area (Å²) in [6.07, 6.45) is 1.32. The highest BCUT2D eigenvalue weighted by molar-refractivity contribution is 6.04. The van der Waals surface area contributed by atoms with Crippen molar-refractivity contribution in [2.24, 2.45) is 7.05 Å². The molecule has 0 spiro atoms. The second-order valence-electron chi connectivity index (χ2n) is 6.03. The van der Waals surface area contributed by atoms with Gasteiger partial charge in [0, 0.05) is 19.2 Å². The number of nitrogens with one attached hydrogen (secondary N) is 2. The summed E-state index contributed by atoms with van der Waals surface area (Å²) in [5.41, 5.74) is -0.688. The Morgan fingerprint density at radius 2 is 1.48 bits per heavy atom. The van der Waals surface area contributed by atoms with Gasteiger partial charge in [-0.05, 0) is 36.4 Å². The molecular weight excluding hydrogens is 392 g/mol. The highest BCUT2D eigenvalue weighted by Gasteiger charge is 2.18. The van der Waals surface area contributed by atoms with Gasteiger partial charge >= 0.3 is 0 Å². The Morgan fingerprint density at radius 1 is 0.931 bits per heavy atom. The molecule has 1 aromatic heterocycles. The summed E-state index contributed by atoms with van der Waals surface area (Å²) in [4.78, 5) is 24.4. The lowest BCUT2D eigenvalue weighted by molar-refractivity contribution is 0.0946. The van der Waals surface area contributed by atoms with Crippen molar-refractivity contribution in [1.82, 2.24) is 15.1 Å². The maximum Gasteiger partial charge on any atom is 0.259 e. The average molecular weight is 406 g/mol. The normalized spacial score (nSPS) is 10.7. The first-order chi connectivity index (χ1) is 13.8. The number of rotatable bonds is 5. The predicted molar refractivity (Wildman–Crippen MR) is 95.0 cm³/mol. The molecule has 3 rings (SSSR count). The molecule has 0 radical (unpaired) electrons. The summed E-state index contributed by atoms with van der Waals surface area (Å²) < 4.78 is 55.3. The van der Waals surface area contributed by atoms with Gasteiger partial charge in [-0.2, -0.15) is 5.10 Å². The van der Waals surface area contributed by atoms with Gasteiger partial charge in [0.25, 0.3) is 11.8 Å². The fraction of sp³-hybridized carbons (Fsp3) is 0.105. The Morgan fingerprint density at radius 3 is 2.07 bits per heavy atom. The van der Waals surface area contributed by atoms with Gasteiger partial charge in [-0.3, -0.25) is 14.3 Å². The minimum atomic E-state index is -0.922. The van der Waals surface area contributed by atoms with Crippen LogP contribution in [0.1, 0.15) is 26.3 Å². The molecule has 2 amide bonds. The van der Waals surface area contributed by atoms with Crippen LogP contribution >= 0.6 is 0 Å². The summed E-state index contributed by atoms with van der Waals surface area (Å²) in [5.74, 6) is -5.06. The molecule has 1 heterocycles. The Bertz CT molecular complexity index is 1100. The van der Waals surface area contributed by atoms with Gasteiger partial charge in [-0.1, -0.05) is 0 Å². The molecule has 0 saturated heterocycles. The van der Waals surface area contributed by atoms with Crippen LogP contribution in [0.3, 0.4) is 0 Å². The summed E-state index contributed by atoms with van der Waals surface area (Å²) in [6.45, 7) is -0.191. The molecular formula is C19H14F4N4O2. The number of aromatic nitrogens is 2. The lowest BCUT2D eigenvalue weighted by Crippen LogP contribution is -2.25. The van der Waals surface area contributed by atoms with E-state index < -0.39 is 46.2 Å². The van der Waals surface area contributed by atoms with Gasteiger partial charge in [-0.15, -0.1) is 0 Å². The van der Waals surface area contributed by atoms with E-state index in [1.54, 1.807) is 0 Å². The topological polar surface area (TPSA) is 76.0 Å². The number of carbonyl (C=O) groups excluding carboxylic acids is 2. The first kappa shape index (κ1) is 20.1. The van der Waals surface area contributed by atoms with Gasteiger partial charge in [0.05, 0.1) is 17.3 Å². The molecule has 0 saturated carbocycles. The largest absolute Gasteiger partial charge is 0.348 e. The highest BCUT2D eigenvalue weighted by atomic mass is 19.1. The second kappa shape index (κ2) is 8.13. The zero-order chi connectivity index (χ0) is 21.1. The van der Waals surface area contributed by atoms with Crippen LogP contribution < -0.4 is 10.6 Å². The van der Waals surface area contributed by atoms with Crippen molar-refractivity contribution in [2.75, 3.05) is 5.32 Å². The minimum absolute atomic E-state index is 0.110. The van der Waals surface area contributed by atoms with E-state index >= 15 is 0 Å². The molecule has 0 atom stereocenters. The predicted octanol–water partition coefficient (Wildman–Crippen LogP) is 3.16. The number of aryl methyl sites for hydroxylation is 1. The molecule has 0 bridgehead atoms. The van der Waals surface area contributed by atoms with Crippen molar-refractivity contribution in [2.45, 2.75) is 6.54 Å². The number of carbonyl (C=O) groups is 2. The Hall–Kier alpha value is -3.69. The fourth-order valence-electron chi connectivity index (χ4n) is 2.56. The van der Waals surface area contributed by atoms with Gasteiger partial charge in [0.2, 0.25) is 0 Å². The van der Waals surface area contributed by atoms with Crippen LogP contribution in [0.25, 0.3) is 0 Å². The lowest BCUT2D eigenvalue weighted by Gasteiger charge is -2.10. The standard InChI is InChI=1S/C19H14F4N4O2/c1-27-17(26-19(29)14-7-12(21)3-5-16(14)23)10(9-25-27)8-24-18(28)13-6-11(20)2-4-15(13)22/h2-7,9H,8H2,1H3,(H,24,28)(H,26,29). The third-order valence-electron chi connectivity index (χ3n) is 4.03. The van der Waals surface area contributed by atoms with E-state index in [-0.39, 0.29) is 12.4 Å². The molecule has 0 aliphatic heterocycles. The van der Waals surface area contributed by atoms with Gasteiger partial charge in [-0.25, -0.2) is 17.6 Å². The Balaban J connectivity index is 1.76. The number of amides is 2. The van der Waals surface area contributed by atoms with Crippen molar-refractivity contribution < 1.29 is 27.2 Å². The van der Waals surface area contributed by atoms with Crippen LogP contribution in [-0.4, -0.2) is 21.6 Å². The van der Waals surface area contributed by atoms with E-state index in [1.807, 2.05) is 0 Å². The summed E-state index contributed by atoms with van der Waals surface area (Å²) >= 11 is 0. The van der Waals surface area contributed by atoms with Crippen molar-refractivity contribution in [3.05, 3.63) is 82.6 Å². The molecule has 2 aromatic carbocycles. The third kappa shape index (κ3) is 4.42. The SMILES string of the molecule is Cn1ncc(CNC(=O)c2cc(F)ccc2F)c1NC(=O)c1cc(F)ccc1F. The van der Waals surface area contributed by atoms with Gasteiger partial charge < -0.3 is 10.6 Å². The molecule has 3 aromatic rings. The minimum Gasteiger partial charge on any atom is -0.348 e. The molecule has 6 nitrogen and oxygen atoms in total. The Kier molecular flexibility index (Phi) is 5.62. The van der Waals surface area contributed by atoms with E-state index in [9.17, 15) is 27.2 Å². The molecule has 0 aliphatic carbocycles. The quantitative estimate of drug-likeness (QED) is 0.640. The molecule has 0 fully saturated rings. The number of halogens is 4. The van der Waals surface area contributed by atoms with E-state index in [4.69, 9.17) is 0 Å². The lowest BCUT2D eigenvalue weighted by atomic mass is 10.2. The highest BCUT2D eigenvalue weighted by Crippen LogP contribution is 2.18. The zero-order valence-corrected chi connectivity index (χ0v) is 15.0. The monoisotopic (exact) mass is 406 g/mol. The maximum atomic E-state index is 13.8. The van der Waals surface area contributed by atoms with Crippen molar-refractivity contribution in [1.29, 1.82) is 0 Å². The summed E-state index contributed by atoms with van der Waals surface area (Å²) in [7, 11) is 1.48. The van der Waals surface area contributed by atoms with Crippen molar-refractivity contribution in [3.8, 4) is 0 Å². The van der Waals surface area contributed by atoms with Gasteiger partial charge in [0.1, 0.15) is 29.1 Å². The fourth-order valence-corrected chi connectivity index (χ4v) is 2.56. The first-order valence-corrected chi connectivity index (χ1v) is 8.27. The maximum absolute atomic E-state index is 13.8. The average Bonchev–Trinajstić information content (AvgIpc) is 3.03. The zero-order valence-electron chi connectivity index (χ0n) is 15.0. The molecule has 10 heteroatoms. The van der Waals surface area contributed by atoms with E-state index in [0.29, 0.717) is 5.56 Å². The summed E-state index contributed by atoms with van der Waals surface area (Å²) in [6, 6.07) is 4.91.